The summed E-state index contributed by atoms with van der Waals surface area (Å²) in [5.41, 5.74) is 5.83. The topological polar surface area (TPSA) is 184 Å². The first-order valence-corrected chi connectivity index (χ1v) is 20.6. The highest BCUT2D eigenvalue weighted by atomic mass is 16.5. The molecule has 4 N–H and O–H groups in total. The van der Waals surface area contributed by atoms with Gasteiger partial charge in [0.05, 0.1) is 56.2 Å². The Labute approximate surface area is 349 Å². The largest absolute Gasteiger partial charge is 0.453 e. The number of methoxy groups -OCH3 is 3. The van der Waals surface area contributed by atoms with Crippen molar-refractivity contribution in [2.75, 3.05) is 34.4 Å². The Hall–Kier alpha value is -6.22. The van der Waals surface area contributed by atoms with Gasteiger partial charge in [-0.2, -0.15) is 0 Å². The highest BCUT2D eigenvalue weighted by Crippen LogP contribution is 2.36. The van der Waals surface area contributed by atoms with Crippen LogP contribution in [0.2, 0.25) is 0 Å². The number of aromatic nitrogens is 4. The predicted molar refractivity (Wildman–Crippen MR) is 227 cm³/mol. The Morgan fingerprint density at radius 3 is 1.68 bits per heavy atom. The summed E-state index contributed by atoms with van der Waals surface area (Å²) in [5, 5.41) is 7.55. The van der Waals surface area contributed by atoms with Gasteiger partial charge in [0.25, 0.3) is 0 Å². The Bertz CT molecular complexity index is 2320. The summed E-state index contributed by atoms with van der Waals surface area (Å²) in [4.78, 5) is 71.4. The van der Waals surface area contributed by atoms with E-state index in [2.05, 4.69) is 81.3 Å². The van der Waals surface area contributed by atoms with Crippen molar-refractivity contribution in [1.82, 2.24) is 40.4 Å². The van der Waals surface area contributed by atoms with E-state index in [0.717, 1.165) is 82.3 Å². The number of hydrogen-bond donors (Lipinski definition) is 4. The Morgan fingerprint density at radius 1 is 0.683 bits per heavy atom. The highest BCUT2D eigenvalue weighted by Gasteiger charge is 2.40. The van der Waals surface area contributed by atoms with Crippen molar-refractivity contribution in [3.63, 3.8) is 0 Å². The molecule has 0 radical (unpaired) electrons. The van der Waals surface area contributed by atoms with Gasteiger partial charge in [-0.1, -0.05) is 68.8 Å². The van der Waals surface area contributed by atoms with E-state index in [4.69, 9.17) is 24.2 Å². The number of imidazole rings is 2. The first-order chi connectivity index (χ1) is 29.0. The predicted octanol–water partition coefficient (Wildman–Crippen LogP) is 7.14. The lowest BCUT2D eigenvalue weighted by Crippen LogP contribution is -2.54. The minimum Gasteiger partial charge on any atom is -0.453 e. The molecule has 7 rings (SSSR count). The molecule has 60 heavy (non-hydrogen) atoms. The monoisotopic (exact) mass is 818 g/mol. The molecule has 4 amide bonds. The molecule has 4 heterocycles. The minimum absolute atomic E-state index is 0.0560. The number of likely N-dealkylation sites (tertiary alicyclic amines) is 2. The minimum atomic E-state index is -0.897. The number of aromatic amines is 2. The normalized spacial score (nSPS) is 18.5. The van der Waals surface area contributed by atoms with Gasteiger partial charge in [-0.25, -0.2) is 19.6 Å². The lowest BCUT2D eigenvalue weighted by Gasteiger charge is -2.30. The summed E-state index contributed by atoms with van der Waals surface area (Å²) in [6.07, 6.45) is 5.67. The highest BCUT2D eigenvalue weighted by molar-refractivity contribution is 5.91. The smallest absolute Gasteiger partial charge is 0.407 e. The second-order valence-electron chi connectivity index (χ2n) is 15.7. The van der Waals surface area contributed by atoms with E-state index >= 15 is 0 Å². The van der Waals surface area contributed by atoms with E-state index in [0.29, 0.717) is 18.9 Å². The van der Waals surface area contributed by atoms with Crippen molar-refractivity contribution in [1.29, 1.82) is 0 Å². The molecule has 0 aliphatic carbocycles. The van der Waals surface area contributed by atoms with E-state index in [1.54, 1.807) is 18.0 Å². The lowest BCUT2D eigenvalue weighted by molar-refractivity contribution is -0.137. The van der Waals surface area contributed by atoms with E-state index < -0.39 is 30.4 Å². The summed E-state index contributed by atoms with van der Waals surface area (Å²) < 4.78 is 15.0. The fourth-order valence-electron chi connectivity index (χ4n) is 8.30. The molecule has 2 aliphatic rings. The van der Waals surface area contributed by atoms with Gasteiger partial charge in [-0.05, 0) is 78.1 Å². The second kappa shape index (κ2) is 18.4. The molecule has 0 saturated carbocycles. The van der Waals surface area contributed by atoms with Crippen molar-refractivity contribution in [2.45, 2.75) is 83.1 Å². The zero-order chi connectivity index (χ0) is 42.5. The standard InChI is InChI=1S/C45H54N8O7/c1-7-26(2)38(50-44(56)59-5)42(54)52-20-8-10-36(52)40-46-24-34(48-40)29-14-12-28(13-15-29)30-16-17-32-23-33(19-18-31(32)22-30)35-25-47-41(49-35)37-11-9-21-53(37)43(55)39(27(3)58-4)51-45(57)60-6/h12-19,22-27,36-39H,7-11,20-21H2,1-6H3,(H,46,48)(H,47,49)(H,50,56)(H,51,57)/t26-,27+,36-,37-,38-,39?/m0/s1. The quantitative estimate of drug-likeness (QED) is 0.0959. The van der Waals surface area contributed by atoms with Gasteiger partial charge >= 0.3 is 12.2 Å². The summed E-state index contributed by atoms with van der Waals surface area (Å²) in [7, 11) is 4.06. The summed E-state index contributed by atoms with van der Waals surface area (Å²) >= 11 is 0. The van der Waals surface area contributed by atoms with Crippen molar-refractivity contribution < 1.29 is 33.4 Å². The Balaban J connectivity index is 1.03. The van der Waals surface area contributed by atoms with Crippen LogP contribution in [0.4, 0.5) is 9.59 Å². The molecule has 316 valence electrons. The molecule has 2 aromatic heterocycles. The maximum absolute atomic E-state index is 13.7. The summed E-state index contributed by atoms with van der Waals surface area (Å²) in [6, 6.07) is 19.0. The number of carbonyl (C=O) groups excluding carboxylic acids is 4. The van der Waals surface area contributed by atoms with Gasteiger partial charge in [0.1, 0.15) is 23.7 Å². The number of benzene rings is 3. The third-order valence-electron chi connectivity index (χ3n) is 12.1. The molecular formula is C45H54N8O7. The average Bonchev–Trinajstić information content (AvgIpc) is 4.13. The number of H-pyrrole nitrogens is 2. The van der Waals surface area contributed by atoms with E-state index in [9.17, 15) is 19.2 Å². The Morgan fingerprint density at radius 2 is 1.15 bits per heavy atom. The van der Waals surface area contributed by atoms with Gasteiger partial charge in [0.2, 0.25) is 11.8 Å². The number of nitrogens with zero attached hydrogens (tertiary/aromatic N) is 4. The molecule has 15 nitrogen and oxygen atoms in total. The lowest BCUT2D eigenvalue weighted by atomic mass is 9.97. The molecule has 15 heteroatoms. The maximum Gasteiger partial charge on any atom is 0.407 e. The van der Waals surface area contributed by atoms with Crippen molar-refractivity contribution >= 4 is 34.8 Å². The number of amides is 4. The van der Waals surface area contributed by atoms with Crippen LogP contribution in [-0.4, -0.2) is 106 Å². The van der Waals surface area contributed by atoms with Gasteiger partial charge < -0.3 is 44.6 Å². The average molecular weight is 819 g/mol. The fourth-order valence-corrected chi connectivity index (χ4v) is 8.30. The maximum atomic E-state index is 13.7. The van der Waals surface area contributed by atoms with Gasteiger partial charge in [0, 0.05) is 25.8 Å². The number of ether oxygens (including phenoxy) is 3. The van der Waals surface area contributed by atoms with Crippen LogP contribution in [0, 0.1) is 5.92 Å². The SMILES string of the molecule is CC[C@H](C)[C@H](NC(=O)OC)C(=O)N1CCC[C@H]1c1ncc(-c2ccc(-c3ccc4cc(-c5cnc([C@@H]6CCCN6C(=O)C(NC(=O)OC)[C@@H](C)OC)[nH]5)ccc4c3)cc2)[nH]1. The van der Waals surface area contributed by atoms with Crippen LogP contribution < -0.4 is 10.6 Å². The van der Waals surface area contributed by atoms with Crippen LogP contribution in [0.25, 0.3) is 44.4 Å². The fraction of sp³-hybridized carbons (Fsp3) is 0.422. The van der Waals surface area contributed by atoms with Crippen molar-refractivity contribution in [3.05, 3.63) is 84.7 Å². The first kappa shape index (κ1) is 41.9. The first-order valence-electron chi connectivity index (χ1n) is 20.6. The number of fused-ring (bicyclic) bond motifs is 1. The number of alkyl carbamates (subject to hydrolysis) is 2. The number of rotatable bonds is 13. The molecule has 0 spiro atoms. The number of carbonyl (C=O) groups is 4. The number of nitrogens with one attached hydrogen (secondary N) is 4. The van der Waals surface area contributed by atoms with Crippen LogP contribution >= 0.6 is 0 Å². The van der Waals surface area contributed by atoms with Gasteiger partial charge in [-0.15, -0.1) is 0 Å². The van der Waals surface area contributed by atoms with Crippen LogP contribution in [0.3, 0.4) is 0 Å². The third-order valence-corrected chi connectivity index (χ3v) is 12.1. The van der Waals surface area contributed by atoms with E-state index in [-0.39, 0.29) is 29.8 Å². The zero-order valence-electron chi connectivity index (χ0n) is 35.0. The van der Waals surface area contributed by atoms with Crippen LogP contribution in [0.1, 0.15) is 76.6 Å². The Kier molecular flexibility index (Phi) is 12.8. The third kappa shape index (κ3) is 8.71. The molecule has 6 atom stereocenters. The second-order valence-corrected chi connectivity index (χ2v) is 15.7. The molecule has 1 unspecified atom stereocenters. The van der Waals surface area contributed by atoms with Gasteiger partial charge in [0.15, 0.2) is 0 Å². The summed E-state index contributed by atoms with van der Waals surface area (Å²) in [5.74, 6) is 0.999. The molecular weight excluding hydrogens is 765 g/mol. The zero-order valence-corrected chi connectivity index (χ0v) is 35.0. The van der Waals surface area contributed by atoms with Crippen LogP contribution in [-0.2, 0) is 23.8 Å². The van der Waals surface area contributed by atoms with Crippen LogP contribution in [0.15, 0.2) is 73.1 Å². The van der Waals surface area contributed by atoms with Gasteiger partial charge in [-0.3, -0.25) is 9.59 Å². The molecule has 2 fully saturated rings. The van der Waals surface area contributed by atoms with E-state index in [1.807, 2.05) is 24.9 Å². The molecule has 0 bridgehead atoms. The van der Waals surface area contributed by atoms with Crippen molar-refractivity contribution in [2.24, 2.45) is 5.92 Å². The molecule has 2 aliphatic heterocycles. The van der Waals surface area contributed by atoms with Crippen molar-refractivity contribution in [3.8, 4) is 33.6 Å². The van der Waals surface area contributed by atoms with Crippen LogP contribution in [0.5, 0.6) is 0 Å². The molecule has 5 aromatic rings. The number of hydrogen-bond acceptors (Lipinski definition) is 9. The van der Waals surface area contributed by atoms with E-state index in [1.165, 1.54) is 21.3 Å². The molecule has 2 saturated heterocycles. The molecule has 3 aromatic carbocycles. The summed E-state index contributed by atoms with van der Waals surface area (Å²) in [6.45, 7) is 6.83.